The third-order valence-electron chi connectivity index (χ3n) is 1.06. The lowest BCUT2D eigenvalue weighted by molar-refractivity contribution is 0.219. The van der Waals surface area contributed by atoms with Crippen LogP contribution in [-0.2, 0) is 13.6 Å². The van der Waals surface area contributed by atoms with Crippen molar-refractivity contribution >= 4 is 135 Å². The van der Waals surface area contributed by atoms with Gasteiger partial charge in [-0.25, -0.2) is 0 Å². The summed E-state index contributed by atoms with van der Waals surface area (Å²) in [5.74, 6) is 0. The van der Waals surface area contributed by atoms with Gasteiger partial charge in [-0.2, -0.15) is 0 Å². The van der Waals surface area contributed by atoms with Crippen LogP contribution in [0.1, 0.15) is 0 Å². The van der Waals surface area contributed by atoms with Gasteiger partial charge in [0.2, 0.25) is 0 Å². The van der Waals surface area contributed by atoms with Gasteiger partial charge in [-0.3, -0.25) is 4.57 Å². The number of hydrogen-bond donors (Lipinski definition) is 0. The fourth-order valence-electron chi connectivity index (χ4n) is 0.476. The molecule has 0 N–H and O–H groups in total. The van der Waals surface area contributed by atoms with E-state index in [9.17, 15) is 4.57 Å². The van der Waals surface area contributed by atoms with E-state index in [0.717, 1.165) is 0 Å². The smallest absolute Gasteiger partial charge is 0.304 e. The van der Waals surface area contributed by atoms with Crippen LogP contribution >= 0.6 is 135 Å². The number of hydrogen-bond acceptors (Lipinski definition) is 3. The third-order valence-corrected chi connectivity index (χ3v) is 6.89. The Bertz CT molecular complexity index is 262. The average molecular weight is 783 g/mol. The summed E-state index contributed by atoms with van der Waals surface area (Å²) >= 11 is 25.8. The predicted molar refractivity (Wildman–Crippen MR) is 100 cm³/mol. The molecule has 0 radical (unpaired) electrons. The Kier molecular flexibility index (Phi) is 10.6. The first kappa shape index (κ1) is 21.0. The molecule has 0 aliphatic carbocycles. The summed E-state index contributed by atoms with van der Waals surface area (Å²) in [6.07, 6.45) is 0. The monoisotopic (exact) mass is 775 g/mol. The van der Waals surface area contributed by atoms with Gasteiger partial charge >= 0.3 is 7.60 Å². The quantitative estimate of drug-likeness (QED) is 0.224. The van der Waals surface area contributed by atoms with Gasteiger partial charge in [0.25, 0.3) is 0 Å². The van der Waals surface area contributed by atoms with E-state index in [0.29, 0.717) is 0 Å². The normalized spacial score (nSPS) is 14.4. The fourth-order valence-corrected chi connectivity index (χ4v) is 4.69. The summed E-state index contributed by atoms with van der Waals surface area (Å²) in [4.78, 5) is 0. The Labute approximate surface area is 167 Å². The molecule has 0 saturated heterocycles. The second-order valence-electron chi connectivity index (χ2n) is 2.59. The van der Waals surface area contributed by atoms with Crippen LogP contribution in [-0.4, -0.2) is 21.0 Å². The fraction of sp³-hybridized carbons (Fsp3) is 1.00. The Hall–Kier alpha value is 3.99. The minimum Gasteiger partial charge on any atom is -0.304 e. The van der Waals surface area contributed by atoms with Crippen molar-refractivity contribution in [2.75, 3.05) is 13.2 Å². The van der Waals surface area contributed by atoms with Crippen LogP contribution in [0.4, 0.5) is 0 Å². The molecule has 0 fully saturated rings. The summed E-state index contributed by atoms with van der Waals surface area (Å²) in [6.45, 7) is 0.190. The van der Waals surface area contributed by atoms with Gasteiger partial charge in [-0.15, -0.1) is 0 Å². The first-order valence-electron chi connectivity index (χ1n) is 3.66. The van der Waals surface area contributed by atoms with E-state index >= 15 is 0 Å². The van der Waals surface area contributed by atoms with Crippen molar-refractivity contribution in [3.8, 4) is 0 Å². The van der Waals surface area contributed by atoms with Crippen molar-refractivity contribution in [2.24, 2.45) is 0 Å². The van der Waals surface area contributed by atoms with E-state index < -0.39 is 15.4 Å². The molecule has 12 heteroatoms. The van der Waals surface area contributed by atoms with Crippen LogP contribution < -0.4 is 0 Å². The molecular formula is C5H5Br8O3P. The highest BCUT2D eigenvalue weighted by atomic mass is 80.0. The molecule has 0 amide bonds. The molecule has 0 aromatic carbocycles. The van der Waals surface area contributed by atoms with Crippen molar-refractivity contribution in [2.45, 2.75) is 7.76 Å². The SMILES string of the molecule is O=P(OCC(Br)(Br)Br)(OCC(Br)(Br)Br)C(Br)Br. The summed E-state index contributed by atoms with van der Waals surface area (Å²) in [5.41, 5.74) is 0. The van der Waals surface area contributed by atoms with E-state index in [1.54, 1.807) is 0 Å². The lowest BCUT2D eigenvalue weighted by atomic mass is 10.9. The van der Waals surface area contributed by atoms with Crippen molar-refractivity contribution in [3.05, 3.63) is 0 Å². The Morgan fingerprint density at radius 2 is 1.18 bits per heavy atom. The lowest BCUT2D eigenvalue weighted by Gasteiger charge is -2.24. The Balaban J connectivity index is 4.54. The van der Waals surface area contributed by atoms with Crippen LogP contribution in [0.3, 0.4) is 0 Å². The van der Waals surface area contributed by atoms with E-state index in [2.05, 4.69) is 127 Å². The Morgan fingerprint density at radius 1 is 0.882 bits per heavy atom. The van der Waals surface area contributed by atoms with Gasteiger partial charge in [0, 0.05) is 0 Å². The summed E-state index contributed by atoms with van der Waals surface area (Å²) in [7, 11) is -3.33. The molecule has 17 heavy (non-hydrogen) atoms. The van der Waals surface area contributed by atoms with Gasteiger partial charge in [0.15, 0.2) is 7.76 Å². The molecule has 0 atom stereocenters. The molecule has 0 aliphatic heterocycles. The zero-order chi connectivity index (χ0) is 13.9. The highest BCUT2D eigenvalue weighted by molar-refractivity contribution is 9.39. The maximum Gasteiger partial charge on any atom is 0.355 e. The van der Waals surface area contributed by atoms with Gasteiger partial charge in [-0.1, -0.05) is 127 Å². The molecule has 0 aromatic heterocycles. The molecule has 0 saturated carbocycles. The van der Waals surface area contributed by atoms with Crippen molar-refractivity contribution in [1.29, 1.82) is 0 Å². The highest BCUT2D eigenvalue weighted by Gasteiger charge is 2.37. The van der Waals surface area contributed by atoms with Gasteiger partial charge in [-0.05, 0) is 0 Å². The third kappa shape index (κ3) is 11.2. The van der Waals surface area contributed by atoms with Gasteiger partial charge in [0.05, 0.1) is 13.2 Å². The molecule has 0 spiro atoms. The second kappa shape index (κ2) is 8.58. The summed E-state index contributed by atoms with van der Waals surface area (Å²) in [6, 6.07) is 0. The molecule has 0 bridgehead atoms. The second-order valence-corrected chi connectivity index (χ2v) is 23.7. The van der Waals surface area contributed by atoms with Gasteiger partial charge in [0.1, 0.15) is 0 Å². The summed E-state index contributed by atoms with van der Waals surface area (Å²) < 4.78 is 21.0. The topological polar surface area (TPSA) is 35.5 Å². The molecule has 0 unspecified atom stereocenters. The van der Waals surface area contributed by atoms with Crippen LogP contribution in [0.15, 0.2) is 0 Å². The molecule has 0 aromatic rings. The first-order valence-corrected chi connectivity index (χ1v) is 11.9. The van der Waals surface area contributed by atoms with E-state index in [1.165, 1.54) is 0 Å². The van der Waals surface area contributed by atoms with Crippen LogP contribution in [0.2, 0.25) is 0 Å². The van der Waals surface area contributed by atoms with Crippen LogP contribution in [0, 0.1) is 0 Å². The molecule has 0 rings (SSSR count). The zero-order valence-corrected chi connectivity index (χ0v) is 21.3. The molecule has 0 heterocycles. The minimum atomic E-state index is -3.33. The zero-order valence-electron chi connectivity index (χ0n) is 7.69. The van der Waals surface area contributed by atoms with Crippen molar-refractivity contribution in [1.82, 2.24) is 0 Å². The number of rotatable bonds is 5. The number of halogens is 8. The van der Waals surface area contributed by atoms with E-state index in [1.807, 2.05) is 0 Å². The molecular weight excluding hydrogens is 778 g/mol. The standard InChI is InChI=1S/C5H5Br8O3P/c6-3(7)17(14,15-1-4(8,9)10)16-2-5(11,12)13/h3H,1-2H2. The van der Waals surface area contributed by atoms with Crippen LogP contribution in [0.25, 0.3) is 0 Å². The lowest BCUT2D eigenvalue weighted by Crippen LogP contribution is -2.16. The first-order chi connectivity index (χ1) is 7.36. The number of alkyl halides is 8. The molecule has 104 valence electrons. The van der Waals surface area contributed by atoms with Crippen LogP contribution in [0.5, 0.6) is 0 Å². The van der Waals surface area contributed by atoms with Gasteiger partial charge < -0.3 is 9.05 Å². The van der Waals surface area contributed by atoms with E-state index in [4.69, 9.17) is 9.05 Å². The summed E-state index contributed by atoms with van der Waals surface area (Å²) in [5, 5.41) is 0. The maximum absolute atomic E-state index is 12.3. The minimum absolute atomic E-state index is 0.0951. The van der Waals surface area contributed by atoms with E-state index in [-0.39, 0.29) is 13.2 Å². The average Bonchev–Trinajstić information content (AvgIpc) is 2.09. The van der Waals surface area contributed by atoms with Crippen molar-refractivity contribution in [3.63, 3.8) is 0 Å². The molecule has 0 aliphatic rings. The highest BCUT2D eigenvalue weighted by Crippen LogP contribution is 2.60. The maximum atomic E-state index is 12.3. The molecule has 3 nitrogen and oxygen atoms in total. The largest absolute Gasteiger partial charge is 0.355 e. The predicted octanol–water partition coefficient (Wildman–Crippen LogP) is 6.96. The Morgan fingerprint density at radius 3 is 1.35 bits per heavy atom. The van der Waals surface area contributed by atoms with Crippen molar-refractivity contribution < 1.29 is 13.6 Å².